The smallest absolute Gasteiger partial charge is 0.260 e. The van der Waals surface area contributed by atoms with Crippen LogP contribution in [0.2, 0.25) is 0 Å². The van der Waals surface area contributed by atoms with E-state index in [2.05, 4.69) is 16.0 Å². The van der Waals surface area contributed by atoms with Crippen LogP contribution in [0.3, 0.4) is 0 Å². The Morgan fingerprint density at radius 3 is 2.48 bits per heavy atom. The monoisotopic (exact) mass is 311 g/mol. The van der Waals surface area contributed by atoms with Gasteiger partial charge in [0.1, 0.15) is 11.4 Å². The molecular weight excluding hydrogens is 290 g/mol. The maximum atomic E-state index is 12.5. The standard InChI is InChI=1S/C13H21N5O2S/c1-4-11-15-9-12(16-11)21(19,20)18-7-5-17(6-8-18)13(2,3)10-14/h9H,4-8H2,1-3H3,(H,15,16). The van der Waals surface area contributed by atoms with Crippen molar-refractivity contribution in [3.05, 3.63) is 12.0 Å². The van der Waals surface area contributed by atoms with E-state index in [9.17, 15) is 8.42 Å². The predicted octanol–water partition coefficient (Wildman–Crippen LogP) is 0.581. The fraction of sp³-hybridized carbons (Fsp3) is 0.692. The van der Waals surface area contributed by atoms with Crippen LogP contribution in [0.1, 0.15) is 26.6 Å². The first-order chi connectivity index (χ1) is 9.81. The lowest BCUT2D eigenvalue weighted by Gasteiger charge is -2.39. The van der Waals surface area contributed by atoms with Gasteiger partial charge in [0.2, 0.25) is 0 Å². The molecule has 0 bridgehead atoms. The number of hydrogen-bond donors (Lipinski definition) is 1. The molecule has 0 radical (unpaired) electrons. The zero-order valence-corrected chi connectivity index (χ0v) is 13.4. The van der Waals surface area contributed by atoms with Gasteiger partial charge in [0.25, 0.3) is 10.0 Å². The third kappa shape index (κ3) is 3.10. The Kier molecular flexibility index (Phi) is 4.37. The minimum Gasteiger partial charge on any atom is -0.332 e. The van der Waals surface area contributed by atoms with E-state index in [1.165, 1.54) is 10.5 Å². The van der Waals surface area contributed by atoms with Crippen LogP contribution in [0.15, 0.2) is 11.2 Å². The van der Waals surface area contributed by atoms with Crippen molar-refractivity contribution < 1.29 is 8.42 Å². The van der Waals surface area contributed by atoms with Gasteiger partial charge in [-0.15, -0.1) is 0 Å². The molecular formula is C13H21N5O2S. The predicted molar refractivity (Wildman–Crippen MR) is 78.0 cm³/mol. The Labute approximate surface area is 125 Å². The summed E-state index contributed by atoms with van der Waals surface area (Å²) in [4.78, 5) is 8.90. The molecule has 8 heteroatoms. The van der Waals surface area contributed by atoms with Gasteiger partial charge in [0.15, 0.2) is 5.03 Å². The van der Waals surface area contributed by atoms with E-state index >= 15 is 0 Å². The maximum Gasteiger partial charge on any atom is 0.260 e. The Bertz CT molecular complexity index is 636. The van der Waals surface area contributed by atoms with Crippen LogP contribution in [0, 0.1) is 11.3 Å². The zero-order chi connectivity index (χ0) is 15.7. The second-order valence-corrected chi connectivity index (χ2v) is 7.52. The molecule has 2 heterocycles. The van der Waals surface area contributed by atoms with E-state index in [0.717, 1.165) is 0 Å². The lowest BCUT2D eigenvalue weighted by molar-refractivity contribution is 0.115. The number of piperazine rings is 1. The number of H-pyrrole nitrogens is 1. The average molecular weight is 311 g/mol. The van der Waals surface area contributed by atoms with Crippen LogP contribution in [-0.4, -0.2) is 59.3 Å². The van der Waals surface area contributed by atoms with Crippen molar-refractivity contribution in [2.75, 3.05) is 26.2 Å². The molecule has 0 atom stereocenters. The molecule has 1 aliphatic rings. The van der Waals surface area contributed by atoms with Gasteiger partial charge in [0.05, 0.1) is 12.3 Å². The Morgan fingerprint density at radius 1 is 1.38 bits per heavy atom. The summed E-state index contributed by atoms with van der Waals surface area (Å²) in [6.45, 7) is 7.47. The first kappa shape index (κ1) is 15.9. The highest BCUT2D eigenvalue weighted by molar-refractivity contribution is 7.89. The molecule has 1 fully saturated rings. The normalized spacial score (nSPS) is 18.6. The zero-order valence-electron chi connectivity index (χ0n) is 12.6. The topological polar surface area (TPSA) is 93.1 Å². The summed E-state index contributed by atoms with van der Waals surface area (Å²) in [7, 11) is -3.52. The molecule has 0 spiro atoms. The fourth-order valence-electron chi connectivity index (χ4n) is 2.35. The van der Waals surface area contributed by atoms with Gasteiger partial charge in [-0.1, -0.05) is 6.92 Å². The van der Waals surface area contributed by atoms with Crippen molar-refractivity contribution in [1.82, 2.24) is 19.2 Å². The quantitative estimate of drug-likeness (QED) is 0.878. The number of aryl methyl sites for hydroxylation is 1. The summed E-state index contributed by atoms with van der Waals surface area (Å²) in [5, 5.41) is 9.29. The first-order valence-corrected chi connectivity index (χ1v) is 8.45. The molecule has 1 N–H and O–H groups in total. The number of imidazole rings is 1. The maximum absolute atomic E-state index is 12.5. The van der Waals surface area contributed by atoms with Crippen LogP contribution in [0.4, 0.5) is 0 Å². The number of nitrogens with one attached hydrogen (secondary N) is 1. The molecule has 1 aliphatic heterocycles. The third-order valence-corrected chi connectivity index (χ3v) is 5.67. The van der Waals surface area contributed by atoms with Crippen LogP contribution in [-0.2, 0) is 16.4 Å². The van der Waals surface area contributed by atoms with Crippen molar-refractivity contribution in [3.8, 4) is 6.07 Å². The van der Waals surface area contributed by atoms with E-state index in [1.54, 1.807) is 0 Å². The third-order valence-electron chi connectivity index (χ3n) is 3.86. The summed E-state index contributed by atoms with van der Waals surface area (Å²) in [5.74, 6) is 0.665. The average Bonchev–Trinajstić information content (AvgIpc) is 2.97. The van der Waals surface area contributed by atoms with Gasteiger partial charge >= 0.3 is 0 Å². The molecule has 21 heavy (non-hydrogen) atoms. The summed E-state index contributed by atoms with van der Waals surface area (Å²) < 4.78 is 26.5. The van der Waals surface area contributed by atoms with Crippen molar-refractivity contribution in [1.29, 1.82) is 5.26 Å². The van der Waals surface area contributed by atoms with Gasteiger partial charge in [-0.05, 0) is 13.8 Å². The summed E-state index contributed by atoms with van der Waals surface area (Å²) in [5.41, 5.74) is -0.570. The molecule has 1 saturated heterocycles. The van der Waals surface area contributed by atoms with Gasteiger partial charge < -0.3 is 4.98 Å². The highest BCUT2D eigenvalue weighted by Gasteiger charge is 2.34. The van der Waals surface area contributed by atoms with Gasteiger partial charge in [-0.25, -0.2) is 13.4 Å². The van der Waals surface area contributed by atoms with E-state index in [1.807, 2.05) is 25.7 Å². The number of nitrogens with zero attached hydrogens (tertiary/aromatic N) is 4. The highest BCUT2D eigenvalue weighted by Crippen LogP contribution is 2.20. The molecule has 1 aromatic rings. The molecule has 0 aliphatic carbocycles. The SMILES string of the molecule is CCc1ncc(S(=O)(=O)N2CCN(C(C)(C)C#N)CC2)[nH]1. The number of nitriles is 1. The molecule has 2 rings (SSSR count). The number of sulfonamides is 1. The van der Waals surface area contributed by atoms with E-state index in [-0.39, 0.29) is 5.03 Å². The van der Waals surface area contributed by atoms with Gasteiger partial charge in [-0.3, -0.25) is 4.90 Å². The lowest BCUT2D eigenvalue weighted by atomic mass is 10.0. The number of aromatic nitrogens is 2. The van der Waals surface area contributed by atoms with E-state index < -0.39 is 15.6 Å². The number of aromatic amines is 1. The number of rotatable bonds is 4. The van der Waals surface area contributed by atoms with Crippen LogP contribution >= 0.6 is 0 Å². The Balaban J connectivity index is 2.10. The van der Waals surface area contributed by atoms with Crippen LogP contribution in [0.25, 0.3) is 0 Å². The minimum atomic E-state index is -3.52. The summed E-state index contributed by atoms with van der Waals surface area (Å²) in [6.07, 6.45) is 2.04. The molecule has 0 aromatic carbocycles. The van der Waals surface area contributed by atoms with Gasteiger partial charge in [-0.2, -0.15) is 9.57 Å². The molecule has 1 aromatic heterocycles. The lowest BCUT2D eigenvalue weighted by Crippen LogP contribution is -2.55. The van der Waals surface area contributed by atoms with Gasteiger partial charge in [0, 0.05) is 32.6 Å². The van der Waals surface area contributed by atoms with Crippen molar-refractivity contribution >= 4 is 10.0 Å². The van der Waals surface area contributed by atoms with Crippen molar-refractivity contribution in [2.24, 2.45) is 0 Å². The molecule has 0 unspecified atom stereocenters. The second-order valence-electron chi connectivity index (χ2n) is 5.61. The Morgan fingerprint density at radius 2 is 2.00 bits per heavy atom. The highest BCUT2D eigenvalue weighted by atomic mass is 32.2. The van der Waals surface area contributed by atoms with E-state index in [4.69, 9.17) is 5.26 Å². The number of hydrogen-bond acceptors (Lipinski definition) is 5. The van der Waals surface area contributed by atoms with Crippen molar-refractivity contribution in [2.45, 2.75) is 37.8 Å². The first-order valence-electron chi connectivity index (χ1n) is 7.01. The summed E-state index contributed by atoms with van der Waals surface area (Å²) in [6, 6.07) is 2.25. The molecule has 0 saturated carbocycles. The Hall–Kier alpha value is -1.43. The van der Waals surface area contributed by atoms with Crippen LogP contribution < -0.4 is 0 Å². The largest absolute Gasteiger partial charge is 0.332 e. The van der Waals surface area contributed by atoms with Crippen LogP contribution in [0.5, 0.6) is 0 Å². The second kappa shape index (κ2) is 5.75. The molecule has 0 amide bonds. The minimum absolute atomic E-state index is 0.146. The van der Waals surface area contributed by atoms with E-state index in [0.29, 0.717) is 38.4 Å². The molecule has 116 valence electrons. The van der Waals surface area contributed by atoms with Crippen molar-refractivity contribution in [3.63, 3.8) is 0 Å². The summed E-state index contributed by atoms with van der Waals surface area (Å²) >= 11 is 0. The fourth-order valence-corrected chi connectivity index (χ4v) is 3.71. The molecule has 7 nitrogen and oxygen atoms in total.